The van der Waals surface area contributed by atoms with Crippen LogP contribution in [0.4, 0.5) is 5.69 Å². The second-order valence-electron chi connectivity index (χ2n) is 4.34. The van der Waals surface area contributed by atoms with E-state index >= 15 is 0 Å². The molecule has 0 saturated heterocycles. The summed E-state index contributed by atoms with van der Waals surface area (Å²) in [5.74, 6) is -2.01. The number of benzene rings is 1. The summed E-state index contributed by atoms with van der Waals surface area (Å²) in [7, 11) is 0. The normalized spacial score (nSPS) is 11.6. The highest BCUT2D eigenvalue weighted by Gasteiger charge is 2.25. The van der Waals surface area contributed by atoms with Gasteiger partial charge in [0.2, 0.25) is 6.41 Å². The smallest absolute Gasteiger partial charge is 0.326 e. The maximum atomic E-state index is 11.3. The number of para-hydroxylation sites is 1. The maximum Gasteiger partial charge on any atom is 0.326 e. The third-order valence-corrected chi connectivity index (χ3v) is 2.91. The lowest BCUT2D eigenvalue weighted by Gasteiger charge is -2.25. The van der Waals surface area contributed by atoms with Gasteiger partial charge in [0, 0.05) is 12.1 Å². The quantitative estimate of drug-likeness (QED) is 0.530. The molecule has 0 aliphatic rings. The molecule has 0 spiro atoms. The van der Waals surface area contributed by atoms with Gasteiger partial charge in [-0.15, -0.1) is 0 Å². The van der Waals surface area contributed by atoms with Crippen LogP contribution in [-0.4, -0.2) is 34.6 Å². The van der Waals surface area contributed by atoms with Gasteiger partial charge in [-0.3, -0.25) is 9.59 Å². The number of aliphatic carboxylic acids is 2. The Morgan fingerprint density at radius 1 is 1.15 bits per heavy atom. The predicted molar refractivity (Wildman–Crippen MR) is 72.5 cm³/mol. The Bertz CT molecular complexity index is 460. The van der Waals surface area contributed by atoms with Crippen LogP contribution in [0, 0.1) is 0 Å². The molecule has 0 aliphatic heterocycles. The van der Waals surface area contributed by atoms with Crippen molar-refractivity contribution in [3.8, 4) is 0 Å². The molecule has 20 heavy (non-hydrogen) atoms. The van der Waals surface area contributed by atoms with Crippen LogP contribution in [0.2, 0.25) is 0 Å². The average Bonchev–Trinajstić information content (AvgIpc) is 2.42. The number of hydrogen-bond acceptors (Lipinski definition) is 3. The number of nitrogens with zero attached hydrogens (tertiary/aromatic N) is 1. The van der Waals surface area contributed by atoms with E-state index in [1.54, 1.807) is 30.3 Å². The van der Waals surface area contributed by atoms with Gasteiger partial charge in [-0.25, -0.2) is 4.79 Å². The fraction of sp³-hybridized carbons (Fsp3) is 0.357. The summed E-state index contributed by atoms with van der Waals surface area (Å²) < 4.78 is 0. The number of carboxylic acid groups (broad SMARTS) is 2. The van der Waals surface area contributed by atoms with Crippen LogP contribution in [0.5, 0.6) is 0 Å². The first-order valence-electron chi connectivity index (χ1n) is 6.29. The first-order chi connectivity index (χ1) is 9.56. The zero-order valence-electron chi connectivity index (χ0n) is 10.9. The van der Waals surface area contributed by atoms with Crippen molar-refractivity contribution in [3.63, 3.8) is 0 Å². The van der Waals surface area contributed by atoms with Crippen molar-refractivity contribution in [1.29, 1.82) is 0 Å². The van der Waals surface area contributed by atoms with E-state index in [0.717, 1.165) is 4.90 Å². The number of amides is 1. The lowest BCUT2D eigenvalue weighted by molar-refractivity contribution is -0.139. The molecule has 0 radical (unpaired) electrons. The zero-order chi connectivity index (χ0) is 15.0. The number of carbonyl (C=O) groups is 3. The molecule has 0 heterocycles. The van der Waals surface area contributed by atoms with Crippen molar-refractivity contribution >= 4 is 24.0 Å². The molecule has 1 amide bonds. The third-order valence-electron chi connectivity index (χ3n) is 2.91. The summed E-state index contributed by atoms with van der Waals surface area (Å²) in [5.41, 5.74) is 0.508. The van der Waals surface area contributed by atoms with E-state index < -0.39 is 18.0 Å². The molecular weight excluding hydrogens is 262 g/mol. The molecule has 6 nitrogen and oxygen atoms in total. The van der Waals surface area contributed by atoms with Gasteiger partial charge in [-0.1, -0.05) is 24.6 Å². The molecule has 0 aliphatic carbocycles. The van der Waals surface area contributed by atoms with Gasteiger partial charge in [0.25, 0.3) is 0 Å². The molecule has 1 unspecified atom stereocenters. The lowest BCUT2D eigenvalue weighted by Crippen LogP contribution is -2.40. The Morgan fingerprint density at radius 3 is 2.30 bits per heavy atom. The van der Waals surface area contributed by atoms with E-state index in [9.17, 15) is 19.5 Å². The van der Waals surface area contributed by atoms with Crippen molar-refractivity contribution in [2.75, 3.05) is 4.90 Å². The Kier molecular flexibility index (Phi) is 6.22. The molecule has 1 rings (SSSR count). The summed E-state index contributed by atoms with van der Waals surface area (Å²) in [6.07, 6.45) is 1.53. The highest BCUT2D eigenvalue weighted by atomic mass is 16.4. The number of unbranched alkanes of at least 4 members (excludes halogenated alkanes) is 1. The topological polar surface area (TPSA) is 94.9 Å². The Morgan fingerprint density at radius 2 is 1.80 bits per heavy atom. The number of carboxylic acids is 2. The second-order valence-corrected chi connectivity index (χ2v) is 4.34. The average molecular weight is 279 g/mol. The number of hydrogen-bond donors (Lipinski definition) is 2. The van der Waals surface area contributed by atoms with Crippen LogP contribution in [0.3, 0.4) is 0 Å². The summed E-state index contributed by atoms with van der Waals surface area (Å²) >= 11 is 0. The zero-order valence-corrected chi connectivity index (χ0v) is 10.9. The second kappa shape index (κ2) is 7.93. The van der Waals surface area contributed by atoms with Gasteiger partial charge >= 0.3 is 11.9 Å². The van der Waals surface area contributed by atoms with Crippen LogP contribution < -0.4 is 4.90 Å². The number of rotatable bonds is 9. The molecule has 1 atom stereocenters. The maximum absolute atomic E-state index is 11.3. The molecule has 2 N–H and O–H groups in total. The minimum absolute atomic E-state index is 0.00122. The van der Waals surface area contributed by atoms with Crippen molar-refractivity contribution in [2.45, 2.75) is 31.7 Å². The largest absolute Gasteiger partial charge is 0.481 e. The standard InChI is InChI=1S/C14H17NO5/c16-10-15(11-6-2-1-3-7-11)12(14(19)20)8-4-5-9-13(17)18/h1-3,6-7,10,12H,4-5,8-9H2,(H,17,18)(H,19,20). The molecular formula is C14H17NO5. The van der Waals surface area contributed by atoms with Gasteiger partial charge in [0.1, 0.15) is 6.04 Å². The van der Waals surface area contributed by atoms with Crippen molar-refractivity contribution in [1.82, 2.24) is 0 Å². The van der Waals surface area contributed by atoms with E-state index in [4.69, 9.17) is 5.11 Å². The molecule has 108 valence electrons. The van der Waals surface area contributed by atoms with Crippen LogP contribution in [0.1, 0.15) is 25.7 Å². The van der Waals surface area contributed by atoms with E-state index in [0.29, 0.717) is 24.9 Å². The number of anilines is 1. The van der Waals surface area contributed by atoms with Crippen molar-refractivity contribution < 1.29 is 24.6 Å². The molecule has 1 aromatic rings. The molecule has 0 aromatic heterocycles. The molecule has 0 fully saturated rings. The summed E-state index contributed by atoms with van der Waals surface area (Å²) in [6.45, 7) is 0. The monoisotopic (exact) mass is 279 g/mol. The molecule has 1 aromatic carbocycles. The van der Waals surface area contributed by atoms with E-state index in [-0.39, 0.29) is 12.8 Å². The van der Waals surface area contributed by atoms with E-state index in [2.05, 4.69) is 0 Å². The third kappa shape index (κ3) is 4.72. The van der Waals surface area contributed by atoms with Crippen LogP contribution in [0.15, 0.2) is 30.3 Å². The highest BCUT2D eigenvalue weighted by molar-refractivity contribution is 5.88. The Balaban J connectivity index is 2.70. The van der Waals surface area contributed by atoms with Gasteiger partial charge in [0.15, 0.2) is 0 Å². The van der Waals surface area contributed by atoms with Crippen LogP contribution in [0.25, 0.3) is 0 Å². The fourth-order valence-corrected chi connectivity index (χ4v) is 1.91. The van der Waals surface area contributed by atoms with Gasteiger partial charge < -0.3 is 15.1 Å². The number of carbonyl (C=O) groups excluding carboxylic acids is 1. The first-order valence-corrected chi connectivity index (χ1v) is 6.29. The minimum atomic E-state index is -1.10. The first kappa shape index (κ1) is 15.7. The summed E-state index contributed by atoms with van der Waals surface area (Å²) in [4.78, 5) is 34.0. The Labute approximate surface area is 116 Å². The van der Waals surface area contributed by atoms with Gasteiger partial charge in [-0.2, -0.15) is 0 Å². The molecule has 0 saturated carbocycles. The molecule has 6 heteroatoms. The van der Waals surface area contributed by atoms with E-state index in [1.807, 2.05) is 0 Å². The van der Waals surface area contributed by atoms with Crippen molar-refractivity contribution in [2.24, 2.45) is 0 Å². The van der Waals surface area contributed by atoms with E-state index in [1.165, 1.54) is 0 Å². The SMILES string of the molecule is O=CN(c1ccccc1)C(CCCCC(=O)O)C(=O)O. The summed E-state index contributed by atoms with van der Waals surface area (Å²) in [5, 5.41) is 17.8. The summed E-state index contributed by atoms with van der Waals surface area (Å²) in [6, 6.07) is 7.53. The van der Waals surface area contributed by atoms with Crippen LogP contribution in [-0.2, 0) is 14.4 Å². The van der Waals surface area contributed by atoms with Gasteiger partial charge in [0.05, 0.1) is 0 Å². The Hall–Kier alpha value is -2.37. The highest BCUT2D eigenvalue weighted by Crippen LogP contribution is 2.18. The van der Waals surface area contributed by atoms with Crippen molar-refractivity contribution in [3.05, 3.63) is 30.3 Å². The lowest BCUT2D eigenvalue weighted by atomic mass is 10.1. The molecule has 0 bridgehead atoms. The fourth-order valence-electron chi connectivity index (χ4n) is 1.91. The van der Waals surface area contributed by atoms with Gasteiger partial charge in [-0.05, 0) is 25.0 Å². The minimum Gasteiger partial charge on any atom is -0.481 e. The predicted octanol–water partition coefficient (Wildman–Crippen LogP) is 1.75. The van der Waals surface area contributed by atoms with Crippen LogP contribution >= 0.6 is 0 Å².